The van der Waals surface area contributed by atoms with Crippen molar-refractivity contribution in [3.05, 3.63) is 24.3 Å². The van der Waals surface area contributed by atoms with E-state index in [1.807, 2.05) is 0 Å². The molecule has 0 saturated heterocycles. The molecule has 0 fully saturated rings. The molecule has 1 amide bonds. The van der Waals surface area contributed by atoms with Crippen molar-refractivity contribution in [3.8, 4) is 0 Å². The summed E-state index contributed by atoms with van der Waals surface area (Å²) >= 11 is 4.46. The number of sulfonamides is 1. The van der Waals surface area contributed by atoms with E-state index in [0.717, 1.165) is 27.3 Å². The van der Waals surface area contributed by atoms with Crippen LogP contribution in [0.2, 0.25) is 0 Å². The van der Waals surface area contributed by atoms with E-state index in [4.69, 9.17) is 5.14 Å². The number of rotatable bonds is 9. The number of anilines is 1. The monoisotopic (exact) mass is 432 g/mol. The third-order valence-corrected chi connectivity index (χ3v) is 7.43. The molecule has 1 heterocycles. The smallest absolute Gasteiger partial charge is 0.238 e. The minimum absolute atomic E-state index is 0.0477. The normalized spacial score (nSPS) is 12.7. The Bertz CT molecular complexity index is 854. The second-order valence-electron chi connectivity index (χ2n) is 5.36. The van der Waals surface area contributed by atoms with E-state index >= 15 is 0 Å². The predicted molar refractivity (Wildman–Crippen MR) is 107 cm³/mol. The summed E-state index contributed by atoms with van der Waals surface area (Å²) in [6.07, 6.45) is 2.26. The Morgan fingerprint density at radius 2 is 2.08 bits per heavy atom. The number of hydrogen-bond acceptors (Lipinski definition) is 8. The Hall–Kier alpha value is -1.14. The molecule has 1 aromatic heterocycles. The first-order valence-corrected chi connectivity index (χ1v) is 12.1. The van der Waals surface area contributed by atoms with Crippen molar-refractivity contribution in [2.75, 3.05) is 11.1 Å². The summed E-state index contributed by atoms with van der Waals surface area (Å²) < 4.78 is 24.4. The van der Waals surface area contributed by atoms with Crippen molar-refractivity contribution in [2.45, 2.75) is 45.5 Å². The number of benzene rings is 1. The van der Waals surface area contributed by atoms with Crippen LogP contribution in [0.15, 0.2) is 37.8 Å². The first-order valence-electron chi connectivity index (χ1n) is 7.86. The van der Waals surface area contributed by atoms with Gasteiger partial charge in [-0.05, 0) is 31.5 Å². The molecule has 1 unspecified atom stereocenters. The lowest BCUT2D eigenvalue weighted by molar-refractivity contribution is -0.115. The van der Waals surface area contributed by atoms with E-state index in [2.05, 4.69) is 22.4 Å². The van der Waals surface area contributed by atoms with Gasteiger partial charge in [0, 0.05) is 11.4 Å². The standard InChI is InChI=1S/C15H20N4O3S4/c1-3-4-8-23-14-18-19-15(25-14)24-10(2)13(20)17-11-6-5-7-12(9-11)26(16,21)22/h5-7,9-10H,3-4,8H2,1-2H3,(H,17,20)(H2,16,21,22). The highest BCUT2D eigenvalue weighted by Crippen LogP contribution is 2.32. The van der Waals surface area contributed by atoms with Crippen molar-refractivity contribution in [2.24, 2.45) is 5.14 Å². The molecule has 1 aromatic carbocycles. The average molecular weight is 433 g/mol. The van der Waals surface area contributed by atoms with Gasteiger partial charge in [-0.25, -0.2) is 13.6 Å². The highest BCUT2D eigenvalue weighted by molar-refractivity contribution is 8.03. The van der Waals surface area contributed by atoms with Crippen molar-refractivity contribution in [3.63, 3.8) is 0 Å². The van der Waals surface area contributed by atoms with Crippen molar-refractivity contribution < 1.29 is 13.2 Å². The van der Waals surface area contributed by atoms with E-state index in [1.165, 1.54) is 41.3 Å². The molecule has 2 aromatic rings. The number of primary sulfonamides is 1. The number of amides is 1. The number of carbonyl (C=O) groups excluding carboxylic acids is 1. The summed E-state index contributed by atoms with van der Waals surface area (Å²) in [5.41, 5.74) is 0.377. The number of nitrogens with zero attached hydrogens (tertiary/aromatic N) is 2. The van der Waals surface area contributed by atoms with Crippen LogP contribution in [0.4, 0.5) is 5.69 Å². The minimum Gasteiger partial charge on any atom is -0.325 e. The average Bonchev–Trinajstić information content (AvgIpc) is 3.02. The molecule has 0 aliphatic carbocycles. The van der Waals surface area contributed by atoms with Gasteiger partial charge in [-0.15, -0.1) is 10.2 Å². The fourth-order valence-electron chi connectivity index (χ4n) is 1.81. The largest absolute Gasteiger partial charge is 0.325 e. The highest BCUT2D eigenvalue weighted by Gasteiger charge is 2.18. The quantitative estimate of drug-likeness (QED) is 0.462. The molecule has 11 heteroatoms. The van der Waals surface area contributed by atoms with Gasteiger partial charge in [0.05, 0.1) is 10.1 Å². The topological polar surface area (TPSA) is 115 Å². The zero-order valence-electron chi connectivity index (χ0n) is 14.3. The number of hydrogen-bond donors (Lipinski definition) is 2. The van der Waals surface area contributed by atoms with Crippen molar-refractivity contribution in [1.29, 1.82) is 0 Å². The summed E-state index contributed by atoms with van der Waals surface area (Å²) in [7, 11) is -3.81. The Balaban J connectivity index is 1.94. The molecule has 0 saturated carbocycles. The Morgan fingerprint density at radius 1 is 1.35 bits per heavy atom. The van der Waals surface area contributed by atoms with E-state index in [1.54, 1.807) is 24.8 Å². The Labute approximate surface area is 165 Å². The summed E-state index contributed by atoms with van der Waals surface area (Å²) in [5, 5.41) is 15.6. The number of thioether (sulfide) groups is 2. The fraction of sp³-hybridized carbons (Fsp3) is 0.400. The van der Waals surface area contributed by atoms with Crippen LogP contribution in [-0.4, -0.2) is 35.5 Å². The maximum absolute atomic E-state index is 12.3. The second-order valence-corrected chi connectivity index (χ2v) is 10.8. The van der Waals surface area contributed by atoms with Gasteiger partial charge in [0.25, 0.3) is 0 Å². The van der Waals surface area contributed by atoms with Gasteiger partial charge in [0.2, 0.25) is 15.9 Å². The molecule has 0 aliphatic heterocycles. The van der Waals surface area contributed by atoms with Crippen LogP contribution >= 0.6 is 34.9 Å². The number of carbonyl (C=O) groups is 1. The second kappa shape index (κ2) is 9.70. The van der Waals surface area contributed by atoms with Crippen LogP contribution in [0.5, 0.6) is 0 Å². The van der Waals surface area contributed by atoms with Gasteiger partial charge >= 0.3 is 0 Å². The van der Waals surface area contributed by atoms with Gasteiger partial charge < -0.3 is 5.32 Å². The molecule has 0 bridgehead atoms. The third kappa shape index (κ3) is 6.54. The van der Waals surface area contributed by atoms with Crippen LogP contribution in [0.3, 0.4) is 0 Å². The maximum Gasteiger partial charge on any atom is 0.238 e. The van der Waals surface area contributed by atoms with Crippen molar-refractivity contribution >= 4 is 56.5 Å². The first-order chi connectivity index (χ1) is 12.3. The van der Waals surface area contributed by atoms with E-state index in [-0.39, 0.29) is 10.8 Å². The fourth-order valence-corrected chi connectivity index (χ4v) is 5.68. The van der Waals surface area contributed by atoms with Gasteiger partial charge in [-0.3, -0.25) is 4.79 Å². The molecule has 3 N–H and O–H groups in total. The zero-order chi connectivity index (χ0) is 19.2. The van der Waals surface area contributed by atoms with Gasteiger partial charge in [0.1, 0.15) is 0 Å². The molecule has 26 heavy (non-hydrogen) atoms. The number of aromatic nitrogens is 2. The number of nitrogens with two attached hydrogens (primary N) is 1. The zero-order valence-corrected chi connectivity index (χ0v) is 17.6. The maximum atomic E-state index is 12.3. The van der Waals surface area contributed by atoms with E-state index in [0.29, 0.717) is 5.69 Å². The van der Waals surface area contributed by atoms with Gasteiger partial charge in [0.15, 0.2) is 8.68 Å². The van der Waals surface area contributed by atoms with E-state index < -0.39 is 15.3 Å². The molecule has 0 aliphatic rings. The first kappa shape index (κ1) is 21.2. The van der Waals surface area contributed by atoms with Crippen molar-refractivity contribution in [1.82, 2.24) is 10.2 Å². The molecular weight excluding hydrogens is 412 g/mol. The Morgan fingerprint density at radius 3 is 2.77 bits per heavy atom. The SMILES string of the molecule is CCCCSc1nnc(SC(C)C(=O)Nc2cccc(S(N)(=O)=O)c2)s1. The summed E-state index contributed by atoms with van der Waals surface area (Å²) in [6.45, 7) is 3.90. The summed E-state index contributed by atoms with van der Waals surface area (Å²) in [5.74, 6) is 0.753. The van der Waals surface area contributed by atoms with Crippen LogP contribution in [0.1, 0.15) is 26.7 Å². The van der Waals surface area contributed by atoms with E-state index in [9.17, 15) is 13.2 Å². The molecule has 7 nitrogen and oxygen atoms in total. The predicted octanol–water partition coefficient (Wildman–Crippen LogP) is 3.20. The Kier molecular flexibility index (Phi) is 7.89. The number of nitrogens with one attached hydrogen (secondary N) is 1. The molecule has 1 atom stereocenters. The molecular formula is C15H20N4O3S4. The van der Waals surface area contributed by atoms with Gasteiger partial charge in [-0.2, -0.15) is 0 Å². The molecule has 2 rings (SSSR count). The van der Waals surface area contributed by atoms with Crippen LogP contribution < -0.4 is 10.5 Å². The summed E-state index contributed by atoms with van der Waals surface area (Å²) in [6, 6.07) is 5.84. The van der Waals surface area contributed by atoms with Gasteiger partial charge in [-0.1, -0.05) is 54.3 Å². The lowest BCUT2D eigenvalue weighted by atomic mass is 10.3. The highest BCUT2D eigenvalue weighted by atomic mass is 32.2. The molecule has 0 radical (unpaired) electrons. The third-order valence-electron chi connectivity index (χ3n) is 3.19. The number of unbranched alkanes of at least 4 members (excludes halogenated alkanes) is 1. The molecule has 142 valence electrons. The lowest BCUT2D eigenvalue weighted by Crippen LogP contribution is -2.22. The van der Waals surface area contributed by atoms with Crippen LogP contribution in [0.25, 0.3) is 0 Å². The lowest BCUT2D eigenvalue weighted by Gasteiger charge is -2.11. The van der Waals surface area contributed by atoms with Crippen LogP contribution in [-0.2, 0) is 14.8 Å². The minimum atomic E-state index is -3.81. The molecule has 0 spiro atoms. The van der Waals surface area contributed by atoms with Crippen LogP contribution in [0, 0.1) is 0 Å². The summed E-state index contributed by atoms with van der Waals surface area (Å²) in [4.78, 5) is 12.3.